The van der Waals surface area contributed by atoms with Crippen LogP contribution in [-0.4, -0.2) is 11.7 Å². The molecule has 4 nitrogen and oxygen atoms in total. The summed E-state index contributed by atoms with van der Waals surface area (Å²) in [7, 11) is 0. The molecule has 0 bridgehead atoms. The van der Waals surface area contributed by atoms with Crippen molar-refractivity contribution in [2.24, 2.45) is 5.11 Å². The fraction of sp³-hybridized carbons (Fsp3) is 0.333. The van der Waals surface area contributed by atoms with E-state index in [9.17, 15) is 5.11 Å². The highest BCUT2D eigenvalue weighted by Crippen LogP contribution is 2.25. The highest BCUT2D eigenvalue weighted by Gasteiger charge is 2.07. The highest BCUT2D eigenvalue weighted by molar-refractivity contribution is 9.10. The Hall–Kier alpha value is -0.550. The van der Waals surface area contributed by atoms with Crippen LogP contribution in [0.4, 0.5) is 0 Å². The lowest BCUT2D eigenvalue weighted by atomic mass is 10.3. The van der Waals surface area contributed by atoms with Crippen LogP contribution in [0.2, 0.25) is 0 Å². The van der Waals surface area contributed by atoms with Gasteiger partial charge in [0.2, 0.25) is 0 Å². The third-order valence-electron chi connectivity index (χ3n) is 1.23. The molecule has 1 rings (SSSR count). The van der Waals surface area contributed by atoms with E-state index in [1.54, 1.807) is 0 Å². The van der Waals surface area contributed by atoms with Crippen molar-refractivity contribution in [3.8, 4) is 0 Å². The second-order valence-electron chi connectivity index (χ2n) is 2.10. The predicted octanol–water partition coefficient (Wildman–Crippen LogP) is 2.85. The van der Waals surface area contributed by atoms with Crippen LogP contribution in [0.3, 0.4) is 0 Å². The number of aliphatic hydroxyl groups is 1. The summed E-state index contributed by atoms with van der Waals surface area (Å²) in [6.07, 6.45) is -0.683. The standard InChI is InChI=1S/C6H6BrN3OS/c7-4-1-6(12-3-4)5(11)2-9-10-8/h1,3,5,11H,2H2. The van der Waals surface area contributed by atoms with E-state index in [0.717, 1.165) is 9.35 Å². The molecule has 0 aromatic carbocycles. The van der Waals surface area contributed by atoms with Crippen molar-refractivity contribution in [3.05, 3.63) is 31.2 Å². The van der Waals surface area contributed by atoms with Crippen LogP contribution in [0.1, 0.15) is 11.0 Å². The van der Waals surface area contributed by atoms with E-state index in [4.69, 9.17) is 5.53 Å². The van der Waals surface area contributed by atoms with Gasteiger partial charge in [-0.05, 0) is 27.5 Å². The Morgan fingerprint density at radius 1 is 1.83 bits per heavy atom. The van der Waals surface area contributed by atoms with Crippen molar-refractivity contribution >= 4 is 27.3 Å². The zero-order chi connectivity index (χ0) is 8.97. The van der Waals surface area contributed by atoms with Crippen molar-refractivity contribution in [2.45, 2.75) is 6.10 Å². The summed E-state index contributed by atoms with van der Waals surface area (Å²) in [5.41, 5.74) is 8.01. The van der Waals surface area contributed by atoms with Gasteiger partial charge >= 0.3 is 0 Å². The van der Waals surface area contributed by atoms with Crippen LogP contribution < -0.4 is 0 Å². The summed E-state index contributed by atoms with van der Waals surface area (Å²) in [4.78, 5) is 3.37. The van der Waals surface area contributed by atoms with Gasteiger partial charge in [-0.15, -0.1) is 11.3 Å². The summed E-state index contributed by atoms with van der Waals surface area (Å²) < 4.78 is 0.933. The number of hydrogen-bond donors (Lipinski definition) is 1. The lowest BCUT2D eigenvalue weighted by Crippen LogP contribution is -1.97. The molecule has 0 radical (unpaired) electrons. The third kappa shape index (κ3) is 2.49. The molecule has 0 spiro atoms. The minimum atomic E-state index is -0.683. The minimum absolute atomic E-state index is 0.0868. The predicted molar refractivity (Wildman–Crippen MR) is 51.0 cm³/mol. The quantitative estimate of drug-likeness (QED) is 0.498. The normalized spacial score (nSPS) is 12.2. The van der Waals surface area contributed by atoms with Gasteiger partial charge in [-0.25, -0.2) is 0 Å². The van der Waals surface area contributed by atoms with Gasteiger partial charge in [-0.1, -0.05) is 5.11 Å². The van der Waals surface area contributed by atoms with Gasteiger partial charge in [0.15, 0.2) is 0 Å². The summed E-state index contributed by atoms with van der Waals surface area (Å²) in [6, 6.07) is 1.81. The van der Waals surface area contributed by atoms with E-state index in [0.29, 0.717) is 0 Å². The number of aliphatic hydroxyl groups excluding tert-OH is 1. The van der Waals surface area contributed by atoms with E-state index >= 15 is 0 Å². The smallest absolute Gasteiger partial charge is 0.0938 e. The molecule has 1 heterocycles. The first-order valence-corrected chi connectivity index (χ1v) is 4.84. The molecule has 0 saturated carbocycles. The number of azide groups is 1. The fourth-order valence-corrected chi connectivity index (χ4v) is 2.13. The second kappa shape index (κ2) is 4.47. The molecule has 1 aromatic heterocycles. The van der Waals surface area contributed by atoms with Crippen LogP contribution >= 0.6 is 27.3 Å². The first-order valence-electron chi connectivity index (χ1n) is 3.17. The van der Waals surface area contributed by atoms with Crippen LogP contribution in [-0.2, 0) is 0 Å². The van der Waals surface area contributed by atoms with Crippen LogP contribution in [0.5, 0.6) is 0 Å². The summed E-state index contributed by atoms with van der Waals surface area (Å²) in [5, 5.41) is 14.5. The average Bonchev–Trinajstić information content (AvgIpc) is 2.47. The Labute approximate surface area is 81.6 Å². The minimum Gasteiger partial charge on any atom is -0.387 e. The topological polar surface area (TPSA) is 69.0 Å². The molecule has 0 amide bonds. The number of rotatable bonds is 3. The van der Waals surface area contributed by atoms with Gasteiger partial charge in [-0.2, -0.15) is 0 Å². The van der Waals surface area contributed by atoms with Gasteiger partial charge < -0.3 is 5.11 Å². The van der Waals surface area contributed by atoms with Crippen LogP contribution in [0.15, 0.2) is 21.0 Å². The van der Waals surface area contributed by atoms with E-state index in [1.165, 1.54) is 11.3 Å². The van der Waals surface area contributed by atoms with E-state index in [-0.39, 0.29) is 6.54 Å². The van der Waals surface area contributed by atoms with Crippen molar-refractivity contribution in [1.82, 2.24) is 0 Å². The molecule has 0 aliphatic heterocycles. The maximum absolute atomic E-state index is 9.39. The molecule has 0 aliphatic rings. The van der Waals surface area contributed by atoms with Crippen LogP contribution in [0.25, 0.3) is 10.4 Å². The fourth-order valence-electron chi connectivity index (χ4n) is 0.707. The van der Waals surface area contributed by atoms with Gasteiger partial charge in [0.1, 0.15) is 0 Å². The van der Waals surface area contributed by atoms with Gasteiger partial charge in [0, 0.05) is 19.6 Å². The molecular formula is C6H6BrN3OS. The Kier molecular flexibility index (Phi) is 3.55. The van der Waals surface area contributed by atoms with E-state index in [1.807, 2.05) is 11.4 Å². The Morgan fingerprint density at radius 3 is 3.08 bits per heavy atom. The lowest BCUT2D eigenvalue weighted by molar-refractivity contribution is 0.190. The maximum Gasteiger partial charge on any atom is 0.0938 e. The zero-order valence-electron chi connectivity index (χ0n) is 6.01. The number of thiophene rings is 1. The van der Waals surface area contributed by atoms with Crippen LogP contribution in [0, 0.1) is 0 Å². The number of nitrogens with zero attached hydrogens (tertiary/aromatic N) is 3. The lowest BCUT2D eigenvalue weighted by Gasteiger charge is -2.01. The summed E-state index contributed by atoms with van der Waals surface area (Å²) >= 11 is 4.69. The molecule has 1 unspecified atom stereocenters. The van der Waals surface area contributed by atoms with Gasteiger partial charge in [0.05, 0.1) is 12.6 Å². The molecule has 0 fully saturated rings. The van der Waals surface area contributed by atoms with E-state index in [2.05, 4.69) is 26.0 Å². The van der Waals surface area contributed by atoms with Crippen molar-refractivity contribution < 1.29 is 5.11 Å². The number of halogens is 1. The highest BCUT2D eigenvalue weighted by atomic mass is 79.9. The molecule has 0 aliphatic carbocycles. The van der Waals surface area contributed by atoms with Crippen molar-refractivity contribution in [2.75, 3.05) is 6.54 Å². The molecule has 12 heavy (non-hydrogen) atoms. The SMILES string of the molecule is [N-]=[N+]=NCC(O)c1cc(Br)cs1. The molecule has 1 aromatic rings. The Balaban J connectivity index is 2.64. The number of hydrogen-bond acceptors (Lipinski definition) is 3. The van der Waals surface area contributed by atoms with Crippen molar-refractivity contribution in [3.63, 3.8) is 0 Å². The van der Waals surface area contributed by atoms with Crippen molar-refractivity contribution in [1.29, 1.82) is 0 Å². The monoisotopic (exact) mass is 247 g/mol. The third-order valence-corrected chi connectivity index (χ3v) is 3.03. The summed E-state index contributed by atoms with van der Waals surface area (Å²) in [5.74, 6) is 0. The van der Waals surface area contributed by atoms with E-state index < -0.39 is 6.10 Å². The largest absolute Gasteiger partial charge is 0.387 e. The first-order chi connectivity index (χ1) is 5.74. The molecular weight excluding hydrogens is 242 g/mol. The molecule has 64 valence electrons. The molecule has 0 saturated heterocycles. The average molecular weight is 248 g/mol. The van der Waals surface area contributed by atoms with Gasteiger partial charge in [0.25, 0.3) is 0 Å². The Morgan fingerprint density at radius 2 is 2.58 bits per heavy atom. The Bertz CT molecular complexity index is 307. The molecule has 1 atom stereocenters. The first kappa shape index (κ1) is 9.54. The second-order valence-corrected chi connectivity index (χ2v) is 3.96. The molecule has 1 N–H and O–H groups in total. The maximum atomic E-state index is 9.39. The zero-order valence-corrected chi connectivity index (χ0v) is 8.42. The summed E-state index contributed by atoms with van der Waals surface area (Å²) in [6.45, 7) is 0.0868. The van der Waals surface area contributed by atoms with Gasteiger partial charge in [-0.3, -0.25) is 0 Å². The molecule has 6 heteroatoms.